The average molecular weight is 399 g/mol. The Morgan fingerprint density at radius 1 is 1.28 bits per heavy atom. The number of benzene rings is 1. The summed E-state index contributed by atoms with van der Waals surface area (Å²) < 4.78 is 7.21. The number of carboxylic acids is 1. The molecule has 0 atom stereocenters. The summed E-state index contributed by atoms with van der Waals surface area (Å²) >= 11 is 0. The van der Waals surface area contributed by atoms with Crippen LogP contribution in [0.4, 0.5) is 0 Å². The predicted molar refractivity (Wildman–Crippen MR) is 114 cm³/mol. The van der Waals surface area contributed by atoms with Gasteiger partial charge in [-0.15, -0.1) is 0 Å². The lowest BCUT2D eigenvalue weighted by Crippen LogP contribution is -2.37. The lowest BCUT2D eigenvalue weighted by Gasteiger charge is -2.21. The van der Waals surface area contributed by atoms with Gasteiger partial charge in [0.15, 0.2) is 5.60 Å². The molecule has 1 heterocycles. The number of ether oxygens (including phenoxy) is 1. The second kappa shape index (κ2) is 9.96. The fourth-order valence-electron chi connectivity index (χ4n) is 2.95. The zero-order valence-corrected chi connectivity index (χ0v) is 17.4. The molecule has 0 aliphatic carbocycles. The van der Waals surface area contributed by atoms with Gasteiger partial charge < -0.3 is 14.8 Å². The van der Waals surface area contributed by atoms with Gasteiger partial charge >= 0.3 is 11.7 Å². The van der Waals surface area contributed by atoms with Gasteiger partial charge in [0.1, 0.15) is 5.75 Å². The Kier molecular flexibility index (Phi) is 7.65. The van der Waals surface area contributed by atoms with Crippen LogP contribution in [0.3, 0.4) is 0 Å². The van der Waals surface area contributed by atoms with E-state index in [9.17, 15) is 9.59 Å². The molecule has 6 nitrogen and oxygen atoms in total. The summed E-state index contributed by atoms with van der Waals surface area (Å²) in [7, 11) is 0. The molecule has 0 unspecified atom stereocenters. The number of nitrogens with zero attached hydrogens (tertiary/aromatic N) is 1. The number of carboxylic acid groups (broad SMARTS) is 1. The van der Waals surface area contributed by atoms with E-state index < -0.39 is 11.6 Å². The molecule has 0 bridgehead atoms. The number of hydrogen-bond donors (Lipinski definition) is 2. The van der Waals surface area contributed by atoms with Gasteiger partial charge in [-0.05, 0) is 57.2 Å². The standard InChI is InChI=1S/C23H30N2O4/c1-5-8-17(6-2)15-25-16-19(24-22(25)28)10-7-9-18-11-13-20(14-12-18)29-23(3,4)21(26)27/h5,8,11-14,16H,1,6-7,9-10,15H2,2-4H3,(H,24,28)(H,26,27)/b17-8+. The number of imidazole rings is 1. The predicted octanol–water partition coefficient (Wildman–Crippen LogP) is 4.12. The van der Waals surface area contributed by atoms with Crippen molar-refractivity contribution in [2.24, 2.45) is 0 Å². The van der Waals surface area contributed by atoms with Crippen LogP contribution in [-0.2, 0) is 24.2 Å². The molecule has 0 saturated carbocycles. The Balaban J connectivity index is 1.89. The summed E-state index contributed by atoms with van der Waals surface area (Å²) in [6.45, 7) is 9.39. The highest BCUT2D eigenvalue weighted by molar-refractivity contribution is 5.76. The topological polar surface area (TPSA) is 84.3 Å². The molecule has 0 spiro atoms. The van der Waals surface area contributed by atoms with E-state index in [1.54, 1.807) is 22.8 Å². The van der Waals surface area contributed by atoms with Crippen molar-refractivity contribution in [2.75, 3.05) is 0 Å². The minimum atomic E-state index is -1.26. The molecule has 2 N–H and O–H groups in total. The summed E-state index contributed by atoms with van der Waals surface area (Å²) in [5.74, 6) is -0.476. The van der Waals surface area contributed by atoms with Crippen molar-refractivity contribution in [2.45, 2.75) is 58.6 Å². The number of H-pyrrole nitrogens is 1. The van der Waals surface area contributed by atoms with Gasteiger partial charge in [-0.25, -0.2) is 9.59 Å². The van der Waals surface area contributed by atoms with Crippen LogP contribution in [0.1, 0.15) is 44.9 Å². The van der Waals surface area contributed by atoms with Crippen molar-refractivity contribution in [3.63, 3.8) is 0 Å². The lowest BCUT2D eigenvalue weighted by atomic mass is 10.1. The van der Waals surface area contributed by atoms with Crippen LogP contribution in [-0.4, -0.2) is 26.2 Å². The molecule has 2 rings (SSSR count). The first-order chi connectivity index (χ1) is 13.7. The van der Waals surface area contributed by atoms with Crippen LogP contribution < -0.4 is 10.4 Å². The quantitative estimate of drug-likeness (QED) is 0.558. The first-order valence-corrected chi connectivity index (χ1v) is 9.85. The summed E-state index contributed by atoms with van der Waals surface area (Å²) in [4.78, 5) is 26.2. The first-order valence-electron chi connectivity index (χ1n) is 9.85. The van der Waals surface area contributed by atoms with E-state index in [0.29, 0.717) is 12.3 Å². The van der Waals surface area contributed by atoms with Gasteiger partial charge in [0.05, 0.1) is 0 Å². The van der Waals surface area contributed by atoms with Gasteiger partial charge in [0.25, 0.3) is 0 Å². The molecule has 0 aliphatic rings. The highest BCUT2D eigenvalue weighted by Crippen LogP contribution is 2.20. The molecule has 6 heteroatoms. The number of aromatic amines is 1. The van der Waals surface area contributed by atoms with Crippen molar-refractivity contribution < 1.29 is 14.6 Å². The molecule has 0 radical (unpaired) electrons. The van der Waals surface area contributed by atoms with Crippen molar-refractivity contribution in [3.05, 3.63) is 76.5 Å². The van der Waals surface area contributed by atoms with E-state index in [1.165, 1.54) is 13.8 Å². The zero-order valence-electron chi connectivity index (χ0n) is 17.4. The molecule has 1 aromatic carbocycles. The van der Waals surface area contributed by atoms with Crippen LogP contribution >= 0.6 is 0 Å². The van der Waals surface area contributed by atoms with Gasteiger partial charge in [0.2, 0.25) is 0 Å². The van der Waals surface area contributed by atoms with Gasteiger partial charge in [-0.1, -0.05) is 43.4 Å². The van der Waals surface area contributed by atoms with E-state index >= 15 is 0 Å². The van der Waals surface area contributed by atoms with Gasteiger partial charge in [0, 0.05) is 18.4 Å². The van der Waals surface area contributed by atoms with E-state index in [2.05, 4.69) is 18.5 Å². The number of rotatable bonds is 11. The molecule has 0 fully saturated rings. The summed E-state index contributed by atoms with van der Waals surface area (Å²) in [6.07, 6.45) is 8.98. The lowest BCUT2D eigenvalue weighted by molar-refractivity contribution is -0.152. The van der Waals surface area contributed by atoms with E-state index in [4.69, 9.17) is 9.84 Å². The molecule has 0 saturated heterocycles. The second-order valence-electron chi connectivity index (χ2n) is 7.54. The number of carbonyl (C=O) groups is 1. The van der Waals surface area contributed by atoms with Crippen LogP contribution in [0.25, 0.3) is 0 Å². The molecule has 156 valence electrons. The van der Waals surface area contributed by atoms with E-state index in [-0.39, 0.29) is 5.69 Å². The number of aliphatic carboxylic acids is 1. The number of hydrogen-bond acceptors (Lipinski definition) is 3. The minimum Gasteiger partial charge on any atom is -0.478 e. The minimum absolute atomic E-state index is 0.0917. The molecule has 0 amide bonds. The second-order valence-corrected chi connectivity index (χ2v) is 7.54. The monoisotopic (exact) mass is 398 g/mol. The average Bonchev–Trinajstić information content (AvgIpc) is 3.01. The summed E-state index contributed by atoms with van der Waals surface area (Å²) in [5, 5.41) is 9.13. The highest BCUT2D eigenvalue weighted by Gasteiger charge is 2.29. The molecular formula is C23H30N2O4. The maximum absolute atomic E-state index is 12.1. The van der Waals surface area contributed by atoms with Crippen LogP contribution in [0.15, 0.2) is 59.6 Å². The van der Waals surface area contributed by atoms with Gasteiger partial charge in [-0.3, -0.25) is 4.57 Å². The van der Waals surface area contributed by atoms with Crippen molar-refractivity contribution >= 4 is 5.97 Å². The summed E-state index contributed by atoms with van der Waals surface area (Å²) in [6, 6.07) is 7.46. The first kappa shape index (κ1) is 22.3. The zero-order chi connectivity index (χ0) is 21.4. The Morgan fingerprint density at radius 3 is 2.55 bits per heavy atom. The largest absolute Gasteiger partial charge is 0.478 e. The molecular weight excluding hydrogens is 368 g/mol. The third-order valence-electron chi connectivity index (χ3n) is 4.74. The van der Waals surface area contributed by atoms with Crippen LogP contribution in [0.5, 0.6) is 5.75 Å². The fourth-order valence-corrected chi connectivity index (χ4v) is 2.95. The maximum Gasteiger partial charge on any atom is 0.347 e. The Bertz CT molecular complexity index is 917. The highest BCUT2D eigenvalue weighted by atomic mass is 16.5. The molecule has 1 aromatic heterocycles. The Hall–Kier alpha value is -3.02. The Labute approximate surface area is 171 Å². The van der Waals surface area contributed by atoms with Crippen molar-refractivity contribution in [3.8, 4) is 5.75 Å². The third-order valence-corrected chi connectivity index (χ3v) is 4.74. The number of nitrogens with one attached hydrogen (secondary N) is 1. The molecule has 29 heavy (non-hydrogen) atoms. The maximum atomic E-state index is 12.1. The fraction of sp³-hybridized carbons (Fsp3) is 0.391. The number of aromatic nitrogens is 2. The summed E-state index contributed by atoms with van der Waals surface area (Å²) in [5.41, 5.74) is 1.85. The van der Waals surface area contributed by atoms with Crippen molar-refractivity contribution in [1.82, 2.24) is 9.55 Å². The van der Waals surface area contributed by atoms with Crippen LogP contribution in [0, 0.1) is 0 Å². The Morgan fingerprint density at radius 2 is 1.97 bits per heavy atom. The van der Waals surface area contributed by atoms with E-state index in [1.807, 2.05) is 24.4 Å². The molecule has 0 aliphatic heterocycles. The smallest absolute Gasteiger partial charge is 0.347 e. The van der Waals surface area contributed by atoms with E-state index in [0.717, 1.165) is 42.5 Å². The van der Waals surface area contributed by atoms with Crippen LogP contribution in [0.2, 0.25) is 0 Å². The third kappa shape index (κ3) is 6.52. The van der Waals surface area contributed by atoms with Gasteiger partial charge in [-0.2, -0.15) is 0 Å². The number of aryl methyl sites for hydroxylation is 2. The number of allylic oxidation sites excluding steroid dienone is 3. The SMILES string of the molecule is C=C/C=C(\CC)Cn1cc(CCCc2ccc(OC(C)(C)C(=O)O)cc2)[nH]c1=O. The normalized spacial score (nSPS) is 12.0. The van der Waals surface area contributed by atoms with Crippen molar-refractivity contribution in [1.29, 1.82) is 0 Å². The molecule has 2 aromatic rings.